The van der Waals surface area contributed by atoms with Gasteiger partial charge in [-0.2, -0.15) is 0 Å². The smallest absolute Gasteiger partial charge is 0.302 e. The van der Waals surface area contributed by atoms with Crippen molar-refractivity contribution >= 4 is 77.9 Å². The Morgan fingerprint density at radius 1 is 0.895 bits per heavy atom. The molecular weight excluding hydrogens is 835 g/mol. The molecule has 0 fully saturated rings. The van der Waals surface area contributed by atoms with Crippen molar-refractivity contribution < 1.29 is 14.3 Å². The normalized spacial score (nSPS) is 14.1. The molecule has 0 unspecified atom stereocenters. The summed E-state index contributed by atoms with van der Waals surface area (Å²) in [6.07, 6.45) is 6.95. The van der Waals surface area contributed by atoms with E-state index in [-0.39, 0.29) is 29.0 Å². The van der Waals surface area contributed by atoms with Crippen LogP contribution in [0.4, 0.5) is 27.5 Å². The minimum absolute atomic E-state index is 0.0789. The van der Waals surface area contributed by atoms with E-state index in [1.165, 1.54) is 50.0 Å². The average Bonchev–Trinajstić information content (AvgIpc) is 3.91. The molecule has 0 radical (unpaired) electrons. The van der Waals surface area contributed by atoms with Crippen molar-refractivity contribution in [2.75, 3.05) is 22.1 Å². The molecule has 1 aliphatic carbocycles. The van der Waals surface area contributed by atoms with E-state index in [0.717, 1.165) is 27.3 Å². The van der Waals surface area contributed by atoms with Gasteiger partial charge in [-0.05, 0) is 83.4 Å². The first kappa shape index (κ1) is 39.7. The topological polar surface area (TPSA) is 184 Å². The number of rotatable bonds is 8. The number of nitrogens with zero attached hydrogens (tertiary/aromatic N) is 9. The number of nitrogens with one attached hydrogen (secondary N) is 2. The van der Waals surface area contributed by atoms with Gasteiger partial charge >= 0.3 is 5.97 Å². The van der Waals surface area contributed by atoms with Crippen LogP contribution in [0.25, 0.3) is 11.1 Å². The van der Waals surface area contributed by atoms with Crippen LogP contribution >= 0.6 is 38.6 Å². The summed E-state index contributed by atoms with van der Waals surface area (Å²) in [4.78, 5) is 56.8. The molecule has 6 aromatic rings. The molecule has 0 saturated carbocycles. The minimum atomic E-state index is -0.446. The lowest BCUT2D eigenvalue weighted by Crippen LogP contribution is -2.41. The molecule has 0 bridgehead atoms. The van der Waals surface area contributed by atoms with Crippen LogP contribution in [0.5, 0.6) is 0 Å². The first-order valence-electron chi connectivity index (χ1n) is 17.9. The summed E-state index contributed by atoms with van der Waals surface area (Å²) in [7, 11) is 3.36. The summed E-state index contributed by atoms with van der Waals surface area (Å²) in [5, 5.41) is 24.6. The first-order chi connectivity index (χ1) is 27.1. The van der Waals surface area contributed by atoms with Gasteiger partial charge in [-0.1, -0.05) is 36.5 Å². The number of pyridine rings is 3. The Morgan fingerprint density at radius 2 is 1.53 bits per heavy atom. The molecule has 0 aromatic carbocycles. The van der Waals surface area contributed by atoms with Crippen LogP contribution in [-0.2, 0) is 49.6 Å². The van der Waals surface area contributed by atoms with Crippen molar-refractivity contribution in [3.8, 4) is 11.1 Å². The fourth-order valence-electron chi connectivity index (χ4n) is 7.05. The predicted octanol–water partition coefficient (Wildman–Crippen LogP) is 6.05. The monoisotopic (exact) mass is 873 g/mol. The van der Waals surface area contributed by atoms with Gasteiger partial charge in [0.25, 0.3) is 17.0 Å². The molecule has 8 rings (SSSR count). The van der Waals surface area contributed by atoms with Crippen molar-refractivity contribution in [2.45, 2.75) is 60.6 Å². The van der Waals surface area contributed by atoms with E-state index in [1.54, 1.807) is 55.8 Å². The Bertz CT molecular complexity index is 2660. The van der Waals surface area contributed by atoms with E-state index in [4.69, 9.17) is 4.74 Å². The number of carbonyl (C=O) groups excluding carboxylic acids is 2. The fraction of sp³-hybridized carbons (Fsp3) is 0.342. The molecule has 2 N–H and O–H groups in total. The molecule has 6 aromatic heterocycles. The number of amides is 1. The van der Waals surface area contributed by atoms with Gasteiger partial charge in [-0.3, -0.25) is 24.1 Å². The zero-order chi connectivity index (χ0) is 40.8. The summed E-state index contributed by atoms with van der Waals surface area (Å²) in [6.45, 7) is 10.6. The summed E-state index contributed by atoms with van der Waals surface area (Å²) < 4.78 is 11.4. The molecule has 16 nitrogen and oxygen atoms in total. The van der Waals surface area contributed by atoms with Crippen LogP contribution in [0, 0.1) is 19.3 Å². The number of hydrogen-bond acceptors (Lipinski definition) is 14. The summed E-state index contributed by atoms with van der Waals surface area (Å²) >= 11 is 6.08. The maximum Gasteiger partial charge on any atom is 0.302 e. The first-order valence-corrected chi connectivity index (χ1v) is 20.4. The summed E-state index contributed by atoms with van der Waals surface area (Å²) in [5.41, 5.74) is 5.76. The second kappa shape index (κ2) is 15.8. The highest BCUT2D eigenvalue weighted by Crippen LogP contribution is 2.40. The maximum atomic E-state index is 13.9. The Balaban J connectivity index is 0.000000259. The molecule has 296 valence electrons. The number of ether oxygens (including phenoxy) is 1. The standard InChI is InChI=1S/C29H31N7O4S.C9H9BrN4OS/c1-16-32-33-28(41-16)31-22-10-19(14-34(5)26(22)38)20-6-7-30-25(21(20)15-40-17(2)37)36-9-8-35-23(27(36)39)11-18-12-29(3,4)13-24(18)35;1-5-12-13-9(16-5)11-7-3-6(10)4-14(2)8(7)15/h6-7,10-11,14H,8-9,12-13,15H2,1-5H3,(H,31,33);3-4H,1-2H3,(H,11,13). The molecule has 7 heterocycles. The predicted molar refractivity (Wildman–Crippen MR) is 223 cm³/mol. The average molecular weight is 875 g/mol. The number of hydrogen-bond donors (Lipinski definition) is 2. The zero-order valence-corrected chi connectivity index (χ0v) is 35.6. The number of halogens is 1. The lowest BCUT2D eigenvalue weighted by Gasteiger charge is -2.31. The Kier molecular flexibility index (Phi) is 11.0. The largest absolute Gasteiger partial charge is 0.461 e. The highest BCUT2D eigenvalue weighted by Gasteiger charge is 2.37. The third kappa shape index (κ3) is 8.45. The van der Waals surface area contributed by atoms with Gasteiger partial charge in [-0.25, -0.2) is 4.98 Å². The highest BCUT2D eigenvalue weighted by atomic mass is 79.9. The van der Waals surface area contributed by atoms with E-state index in [9.17, 15) is 19.2 Å². The molecule has 19 heteroatoms. The van der Waals surface area contributed by atoms with Crippen LogP contribution in [0.2, 0.25) is 0 Å². The fourth-order valence-corrected chi connectivity index (χ4v) is 8.79. The van der Waals surface area contributed by atoms with E-state index in [1.807, 2.05) is 19.9 Å². The van der Waals surface area contributed by atoms with E-state index in [0.29, 0.717) is 62.9 Å². The second-order valence-electron chi connectivity index (χ2n) is 14.6. The number of aromatic nitrogens is 8. The Labute approximate surface area is 343 Å². The van der Waals surface area contributed by atoms with Crippen LogP contribution < -0.4 is 26.7 Å². The molecule has 1 amide bonds. The quantitative estimate of drug-likeness (QED) is 0.169. The van der Waals surface area contributed by atoms with Gasteiger partial charge in [0, 0.05) is 74.0 Å². The van der Waals surface area contributed by atoms with Crippen molar-refractivity contribution in [3.05, 3.63) is 101 Å². The van der Waals surface area contributed by atoms with Gasteiger partial charge in [0.05, 0.1) is 0 Å². The van der Waals surface area contributed by atoms with E-state index < -0.39 is 5.97 Å². The van der Waals surface area contributed by atoms with E-state index >= 15 is 0 Å². The zero-order valence-electron chi connectivity index (χ0n) is 32.3. The molecule has 0 spiro atoms. The third-order valence-electron chi connectivity index (χ3n) is 9.51. The summed E-state index contributed by atoms with van der Waals surface area (Å²) in [5.74, 6) is -0.144. The van der Waals surface area contributed by atoms with Gasteiger partial charge in [0.2, 0.25) is 10.3 Å². The van der Waals surface area contributed by atoms with Gasteiger partial charge < -0.3 is 29.1 Å². The molecule has 57 heavy (non-hydrogen) atoms. The molecule has 2 aliphatic rings. The number of aryl methyl sites for hydroxylation is 4. The molecule has 1 aliphatic heterocycles. The van der Waals surface area contributed by atoms with Crippen molar-refractivity contribution in [1.82, 2.24) is 39.1 Å². The highest BCUT2D eigenvalue weighted by molar-refractivity contribution is 9.10. The Hall–Kier alpha value is -5.53. The van der Waals surface area contributed by atoms with Crippen molar-refractivity contribution in [2.24, 2.45) is 19.5 Å². The molecule has 0 atom stereocenters. The molecular formula is C38H40BrN11O5S2. The van der Waals surface area contributed by atoms with Crippen molar-refractivity contribution in [1.29, 1.82) is 0 Å². The SMILES string of the molecule is CC(=O)OCc1c(-c2cc(Nc3nnc(C)s3)c(=O)n(C)c2)ccnc1N1CCn2c(cc3c2CC(C)(C)C3)C1=O.Cc1nnc(Nc2cc(Br)cn(C)c2=O)s1. The number of anilines is 5. The van der Waals surface area contributed by atoms with Gasteiger partial charge in [0.15, 0.2) is 0 Å². The number of fused-ring (bicyclic) bond motifs is 3. The Morgan fingerprint density at radius 3 is 2.14 bits per heavy atom. The number of esters is 1. The summed E-state index contributed by atoms with van der Waals surface area (Å²) in [6, 6.07) is 7.27. The van der Waals surface area contributed by atoms with Crippen LogP contribution in [0.3, 0.4) is 0 Å². The maximum absolute atomic E-state index is 13.9. The van der Waals surface area contributed by atoms with Crippen LogP contribution in [0.1, 0.15) is 58.1 Å². The van der Waals surface area contributed by atoms with E-state index in [2.05, 4.69) is 70.4 Å². The number of carbonyl (C=O) groups is 2. The van der Waals surface area contributed by atoms with Gasteiger partial charge in [-0.15, -0.1) is 20.4 Å². The lowest BCUT2D eigenvalue weighted by molar-refractivity contribution is -0.142. The lowest BCUT2D eigenvalue weighted by atomic mass is 9.90. The second-order valence-corrected chi connectivity index (χ2v) is 17.9. The minimum Gasteiger partial charge on any atom is -0.461 e. The molecule has 0 saturated heterocycles. The third-order valence-corrected chi connectivity index (χ3v) is 11.5. The van der Waals surface area contributed by atoms with Crippen LogP contribution in [0.15, 0.2) is 56.9 Å². The van der Waals surface area contributed by atoms with Gasteiger partial charge in [0.1, 0.15) is 39.5 Å². The van der Waals surface area contributed by atoms with Crippen molar-refractivity contribution in [3.63, 3.8) is 0 Å². The van der Waals surface area contributed by atoms with Crippen LogP contribution in [-0.4, -0.2) is 57.5 Å².